The summed E-state index contributed by atoms with van der Waals surface area (Å²) in [5.41, 5.74) is 1.32. The molecule has 1 aromatic rings. The molecule has 1 nitrogen and oxygen atoms in total. The second kappa shape index (κ2) is 5.22. The van der Waals surface area contributed by atoms with E-state index in [2.05, 4.69) is 37.0 Å². The standard InChI is InChI=1S/C10H15NS/c1-2-11-8-7-9-5-3-4-6-10(9)12/h3-6,11-12H,2,7-8H2,1H3. The molecule has 0 saturated carbocycles. The molecule has 0 unspecified atom stereocenters. The van der Waals surface area contributed by atoms with Crippen LogP contribution in [0.2, 0.25) is 0 Å². The lowest BCUT2D eigenvalue weighted by Gasteiger charge is -2.04. The summed E-state index contributed by atoms with van der Waals surface area (Å²) in [5, 5.41) is 3.29. The Balaban J connectivity index is 2.46. The molecule has 0 saturated heterocycles. The van der Waals surface area contributed by atoms with Crippen LogP contribution in [0, 0.1) is 0 Å². The van der Waals surface area contributed by atoms with E-state index in [1.807, 2.05) is 12.1 Å². The van der Waals surface area contributed by atoms with Crippen molar-refractivity contribution in [2.45, 2.75) is 18.2 Å². The average Bonchev–Trinajstić information content (AvgIpc) is 2.09. The zero-order chi connectivity index (χ0) is 8.81. The van der Waals surface area contributed by atoms with Crippen LogP contribution in [0.25, 0.3) is 0 Å². The fourth-order valence-electron chi connectivity index (χ4n) is 1.12. The van der Waals surface area contributed by atoms with Crippen LogP contribution in [-0.2, 0) is 6.42 Å². The molecule has 0 aliphatic rings. The topological polar surface area (TPSA) is 12.0 Å². The van der Waals surface area contributed by atoms with E-state index in [1.165, 1.54) is 5.56 Å². The highest BCUT2D eigenvalue weighted by molar-refractivity contribution is 7.80. The Kier molecular flexibility index (Phi) is 4.19. The molecule has 0 aromatic heterocycles. The molecule has 0 atom stereocenters. The third kappa shape index (κ3) is 2.88. The summed E-state index contributed by atoms with van der Waals surface area (Å²) in [7, 11) is 0. The van der Waals surface area contributed by atoms with Gasteiger partial charge in [-0.1, -0.05) is 25.1 Å². The van der Waals surface area contributed by atoms with Gasteiger partial charge < -0.3 is 5.32 Å². The summed E-state index contributed by atoms with van der Waals surface area (Å²) in [6.07, 6.45) is 1.06. The van der Waals surface area contributed by atoms with E-state index in [4.69, 9.17) is 0 Å². The highest BCUT2D eigenvalue weighted by atomic mass is 32.1. The zero-order valence-electron chi connectivity index (χ0n) is 7.38. The van der Waals surface area contributed by atoms with Crippen molar-refractivity contribution in [3.8, 4) is 0 Å². The van der Waals surface area contributed by atoms with Crippen LogP contribution in [0.5, 0.6) is 0 Å². The average molecular weight is 181 g/mol. The molecule has 12 heavy (non-hydrogen) atoms. The van der Waals surface area contributed by atoms with Crippen molar-refractivity contribution in [2.24, 2.45) is 0 Å². The summed E-state index contributed by atoms with van der Waals surface area (Å²) in [5.74, 6) is 0. The molecule has 66 valence electrons. The SMILES string of the molecule is CCNCCc1ccccc1S. The van der Waals surface area contributed by atoms with E-state index in [0.29, 0.717) is 0 Å². The molecule has 1 N–H and O–H groups in total. The fourth-order valence-corrected chi connectivity index (χ4v) is 1.39. The maximum atomic E-state index is 4.37. The Labute approximate surface area is 79.6 Å². The van der Waals surface area contributed by atoms with Gasteiger partial charge in [0.05, 0.1) is 0 Å². The first kappa shape index (κ1) is 9.62. The van der Waals surface area contributed by atoms with Crippen LogP contribution in [0.4, 0.5) is 0 Å². The first-order valence-electron chi connectivity index (χ1n) is 4.32. The maximum absolute atomic E-state index is 4.37. The lowest BCUT2D eigenvalue weighted by molar-refractivity contribution is 0.712. The van der Waals surface area contributed by atoms with Crippen LogP contribution < -0.4 is 5.32 Å². The molecular formula is C10H15NS. The van der Waals surface area contributed by atoms with Crippen LogP contribution in [0.15, 0.2) is 29.2 Å². The van der Waals surface area contributed by atoms with E-state index in [-0.39, 0.29) is 0 Å². The van der Waals surface area contributed by atoms with Crippen LogP contribution in [0.1, 0.15) is 12.5 Å². The number of nitrogens with one attached hydrogen (secondary N) is 1. The van der Waals surface area contributed by atoms with Crippen LogP contribution in [0.3, 0.4) is 0 Å². The number of benzene rings is 1. The molecular weight excluding hydrogens is 166 g/mol. The van der Waals surface area contributed by atoms with Gasteiger partial charge in [-0.15, -0.1) is 12.6 Å². The van der Waals surface area contributed by atoms with Gasteiger partial charge in [0.2, 0.25) is 0 Å². The van der Waals surface area contributed by atoms with E-state index in [1.54, 1.807) is 0 Å². The molecule has 0 amide bonds. The zero-order valence-corrected chi connectivity index (χ0v) is 8.27. The molecule has 2 heteroatoms. The molecule has 0 bridgehead atoms. The number of thiol groups is 1. The Morgan fingerprint density at radius 2 is 2.08 bits per heavy atom. The predicted molar refractivity (Wildman–Crippen MR) is 55.9 cm³/mol. The van der Waals surface area contributed by atoms with Crippen molar-refractivity contribution >= 4 is 12.6 Å². The minimum Gasteiger partial charge on any atom is -0.317 e. The van der Waals surface area contributed by atoms with E-state index in [0.717, 1.165) is 24.4 Å². The maximum Gasteiger partial charge on any atom is 0.00725 e. The van der Waals surface area contributed by atoms with Crippen molar-refractivity contribution in [3.05, 3.63) is 29.8 Å². The van der Waals surface area contributed by atoms with Gasteiger partial charge in [-0.05, 0) is 31.1 Å². The highest BCUT2D eigenvalue weighted by Gasteiger charge is 1.95. The molecule has 0 radical (unpaired) electrons. The summed E-state index contributed by atoms with van der Waals surface area (Å²) in [4.78, 5) is 1.09. The molecule has 0 aliphatic heterocycles. The van der Waals surface area contributed by atoms with E-state index >= 15 is 0 Å². The van der Waals surface area contributed by atoms with Gasteiger partial charge in [0.1, 0.15) is 0 Å². The number of rotatable bonds is 4. The van der Waals surface area contributed by atoms with Gasteiger partial charge >= 0.3 is 0 Å². The molecule has 1 rings (SSSR count). The predicted octanol–water partition coefficient (Wildman–Crippen LogP) is 2.13. The second-order valence-electron chi connectivity index (χ2n) is 2.73. The van der Waals surface area contributed by atoms with Crippen molar-refractivity contribution < 1.29 is 0 Å². The summed E-state index contributed by atoms with van der Waals surface area (Å²) < 4.78 is 0. The Hall–Kier alpha value is -0.470. The third-order valence-electron chi connectivity index (χ3n) is 1.81. The molecule has 1 aromatic carbocycles. The normalized spacial score (nSPS) is 10.2. The first-order chi connectivity index (χ1) is 5.84. The lowest BCUT2D eigenvalue weighted by atomic mass is 10.1. The van der Waals surface area contributed by atoms with Gasteiger partial charge in [-0.25, -0.2) is 0 Å². The van der Waals surface area contributed by atoms with Gasteiger partial charge in [0, 0.05) is 4.90 Å². The molecule has 0 aliphatic carbocycles. The second-order valence-corrected chi connectivity index (χ2v) is 3.21. The fraction of sp³-hybridized carbons (Fsp3) is 0.400. The largest absolute Gasteiger partial charge is 0.317 e. The first-order valence-corrected chi connectivity index (χ1v) is 4.77. The number of hydrogen-bond donors (Lipinski definition) is 2. The minimum absolute atomic E-state index is 1.04. The highest BCUT2D eigenvalue weighted by Crippen LogP contribution is 2.12. The Morgan fingerprint density at radius 1 is 1.33 bits per heavy atom. The Morgan fingerprint density at radius 3 is 2.75 bits per heavy atom. The number of likely N-dealkylation sites (N-methyl/N-ethyl adjacent to an activating group) is 1. The van der Waals surface area contributed by atoms with Gasteiger partial charge in [-0.2, -0.15) is 0 Å². The molecule has 0 fully saturated rings. The van der Waals surface area contributed by atoms with Crippen LogP contribution in [-0.4, -0.2) is 13.1 Å². The number of hydrogen-bond acceptors (Lipinski definition) is 2. The smallest absolute Gasteiger partial charge is 0.00725 e. The monoisotopic (exact) mass is 181 g/mol. The summed E-state index contributed by atoms with van der Waals surface area (Å²) in [6, 6.07) is 8.23. The van der Waals surface area contributed by atoms with Crippen molar-refractivity contribution in [3.63, 3.8) is 0 Å². The van der Waals surface area contributed by atoms with Crippen molar-refractivity contribution in [2.75, 3.05) is 13.1 Å². The minimum atomic E-state index is 1.04. The Bertz CT molecular complexity index is 235. The van der Waals surface area contributed by atoms with Crippen molar-refractivity contribution in [1.29, 1.82) is 0 Å². The van der Waals surface area contributed by atoms with Crippen molar-refractivity contribution in [1.82, 2.24) is 5.32 Å². The van der Waals surface area contributed by atoms with Crippen LogP contribution >= 0.6 is 12.6 Å². The van der Waals surface area contributed by atoms with Gasteiger partial charge in [0.15, 0.2) is 0 Å². The van der Waals surface area contributed by atoms with E-state index < -0.39 is 0 Å². The molecule has 0 heterocycles. The lowest BCUT2D eigenvalue weighted by Crippen LogP contribution is -2.16. The molecule has 0 spiro atoms. The summed E-state index contributed by atoms with van der Waals surface area (Å²) in [6.45, 7) is 4.19. The van der Waals surface area contributed by atoms with Gasteiger partial charge in [0.25, 0.3) is 0 Å². The van der Waals surface area contributed by atoms with E-state index in [9.17, 15) is 0 Å². The van der Waals surface area contributed by atoms with Gasteiger partial charge in [-0.3, -0.25) is 0 Å². The third-order valence-corrected chi connectivity index (χ3v) is 2.25. The quantitative estimate of drug-likeness (QED) is 0.535. The summed E-state index contributed by atoms with van der Waals surface area (Å²) >= 11 is 4.37.